The summed E-state index contributed by atoms with van der Waals surface area (Å²) in [5.74, 6) is -0.280. The fourth-order valence-electron chi connectivity index (χ4n) is 1.78. The van der Waals surface area contributed by atoms with Gasteiger partial charge in [0.15, 0.2) is 0 Å². The van der Waals surface area contributed by atoms with Crippen LogP contribution in [0, 0.1) is 13.8 Å². The molecular weight excluding hydrogens is 242 g/mol. The van der Waals surface area contributed by atoms with Crippen LogP contribution in [0.15, 0.2) is 35.1 Å². The summed E-state index contributed by atoms with van der Waals surface area (Å²) < 4.78 is 0. The van der Waals surface area contributed by atoms with Crippen molar-refractivity contribution in [2.24, 2.45) is 0 Å². The first-order valence-corrected chi connectivity index (χ1v) is 5.96. The van der Waals surface area contributed by atoms with Crippen LogP contribution >= 0.6 is 0 Å². The van der Waals surface area contributed by atoms with Crippen LogP contribution in [0.1, 0.15) is 27.4 Å². The highest BCUT2D eigenvalue weighted by Crippen LogP contribution is 2.00. The Morgan fingerprint density at radius 2 is 2.11 bits per heavy atom. The number of hydrogen-bond acceptors (Lipinski definition) is 3. The van der Waals surface area contributed by atoms with E-state index in [1.807, 2.05) is 25.1 Å². The van der Waals surface area contributed by atoms with Crippen LogP contribution in [0.2, 0.25) is 0 Å². The number of pyridine rings is 2. The molecule has 0 unspecified atom stereocenters. The molecule has 2 aromatic heterocycles. The third kappa shape index (κ3) is 3.51. The zero-order valence-electron chi connectivity index (χ0n) is 10.9. The Morgan fingerprint density at radius 1 is 1.32 bits per heavy atom. The molecular formula is C14H15N3O2. The van der Waals surface area contributed by atoms with Crippen LogP contribution in [0.3, 0.4) is 0 Å². The van der Waals surface area contributed by atoms with Crippen LogP contribution in [0.25, 0.3) is 0 Å². The number of hydrogen-bond donors (Lipinski definition) is 2. The van der Waals surface area contributed by atoms with Gasteiger partial charge in [-0.2, -0.15) is 0 Å². The van der Waals surface area contributed by atoms with Gasteiger partial charge in [0.25, 0.3) is 5.91 Å². The molecule has 5 heteroatoms. The molecule has 0 saturated carbocycles. The van der Waals surface area contributed by atoms with Gasteiger partial charge in [0.2, 0.25) is 5.56 Å². The lowest BCUT2D eigenvalue weighted by atomic mass is 10.2. The minimum atomic E-state index is -0.280. The van der Waals surface area contributed by atoms with Gasteiger partial charge < -0.3 is 10.3 Å². The van der Waals surface area contributed by atoms with Crippen molar-refractivity contribution in [2.45, 2.75) is 20.4 Å². The monoisotopic (exact) mass is 257 g/mol. The van der Waals surface area contributed by atoms with E-state index >= 15 is 0 Å². The minimum Gasteiger partial charge on any atom is -0.346 e. The van der Waals surface area contributed by atoms with Crippen molar-refractivity contribution < 1.29 is 4.79 Å². The molecule has 0 fully saturated rings. The van der Waals surface area contributed by atoms with E-state index in [-0.39, 0.29) is 11.5 Å². The Labute approximate surface area is 110 Å². The number of amides is 1. The van der Waals surface area contributed by atoms with Gasteiger partial charge in [-0.25, -0.2) is 0 Å². The SMILES string of the molecule is Cc1cccc(CNC(=O)c2cc(C)[nH]c(=O)c2)n1. The summed E-state index contributed by atoms with van der Waals surface area (Å²) in [4.78, 5) is 30.1. The first-order valence-electron chi connectivity index (χ1n) is 5.96. The molecule has 0 bridgehead atoms. The van der Waals surface area contributed by atoms with Crippen LogP contribution in [0.4, 0.5) is 0 Å². The molecule has 2 rings (SSSR count). The van der Waals surface area contributed by atoms with E-state index in [0.29, 0.717) is 17.8 Å². The third-order valence-corrected chi connectivity index (χ3v) is 2.62. The van der Waals surface area contributed by atoms with Crippen LogP contribution in [-0.2, 0) is 6.54 Å². The average molecular weight is 257 g/mol. The summed E-state index contributed by atoms with van der Waals surface area (Å²) in [5.41, 5.74) is 2.42. The van der Waals surface area contributed by atoms with Crippen LogP contribution < -0.4 is 10.9 Å². The van der Waals surface area contributed by atoms with Gasteiger partial charge in [-0.05, 0) is 32.0 Å². The number of carbonyl (C=O) groups excluding carboxylic acids is 1. The first-order chi connectivity index (χ1) is 9.04. The second kappa shape index (κ2) is 5.48. The number of rotatable bonds is 3. The maximum Gasteiger partial charge on any atom is 0.251 e. The summed E-state index contributed by atoms with van der Waals surface area (Å²) in [6.45, 7) is 3.97. The van der Waals surface area contributed by atoms with Gasteiger partial charge in [-0.1, -0.05) is 6.07 Å². The van der Waals surface area contributed by atoms with Crippen molar-refractivity contribution in [2.75, 3.05) is 0 Å². The van der Waals surface area contributed by atoms with E-state index in [4.69, 9.17) is 0 Å². The highest BCUT2D eigenvalue weighted by Gasteiger charge is 2.07. The molecule has 0 aliphatic rings. The maximum absolute atomic E-state index is 11.9. The molecule has 0 atom stereocenters. The number of aromatic amines is 1. The fourth-order valence-corrected chi connectivity index (χ4v) is 1.78. The summed E-state index contributed by atoms with van der Waals surface area (Å²) in [7, 11) is 0. The number of H-pyrrole nitrogens is 1. The predicted molar refractivity (Wildman–Crippen MR) is 71.9 cm³/mol. The number of aromatic nitrogens is 2. The zero-order chi connectivity index (χ0) is 13.8. The van der Waals surface area contributed by atoms with Crippen molar-refractivity contribution in [1.82, 2.24) is 15.3 Å². The topological polar surface area (TPSA) is 74.8 Å². The van der Waals surface area contributed by atoms with Gasteiger partial charge in [0, 0.05) is 23.0 Å². The average Bonchev–Trinajstić information content (AvgIpc) is 2.35. The lowest BCUT2D eigenvalue weighted by Gasteiger charge is -2.05. The highest BCUT2D eigenvalue weighted by molar-refractivity contribution is 5.94. The van der Waals surface area contributed by atoms with Gasteiger partial charge in [0.1, 0.15) is 0 Å². The second-order valence-electron chi connectivity index (χ2n) is 4.37. The van der Waals surface area contributed by atoms with Gasteiger partial charge >= 0.3 is 0 Å². The second-order valence-corrected chi connectivity index (χ2v) is 4.37. The zero-order valence-corrected chi connectivity index (χ0v) is 10.9. The van der Waals surface area contributed by atoms with Crippen molar-refractivity contribution in [1.29, 1.82) is 0 Å². The molecule has 0 aliphatic carbocycles. The Balaban J connectivity index is 2.07. The molecule has 5 nitrogen and oxygen atoms in total. The van der Waals surface area contributed by atoms with E-state index in [2.05, 4.69) is 15.3 Å². The number of aryl methyl sites for hydroxylation is 2. The standard InChI is InChI=1S/C14H15N3O2/c1-9-4-3-5-12(16-9)8-15-14(19)11-6-10(2)17-13(18)7-11/h3-7H,8H2,1-2H3,(H,15,19)(H,17,18). The molecule has 2 aromatic rings. The fraction of sp³-hybridized carbons (Fsp3) is 0.214. The summed E-state index contributed by atoms with van der Waals surface area (Å²) >= 11 is 0. The normalized spacial score (nSPS) is 10.2. The summed E-state index contributed by atoms with van der Waals surface area (Å²) in [6, 6.07) is 8.55. The van der Waals surface area contributed by atoms with Crippen LogP contribution in [-0.4, -0.2) is 15.9 Å². The predicted octanol–water partition coefficient (Wildman–Crippen LogP) is 1.32. The molecule has 2 heterocycles. The minimum absolute atomic E-state index is 0.279. The molecule has 0 saturated heterocycles. The third-order valence-electron chi connectivity index (χ3n) is 2.62. The Kier molecular flexibility index (Phi) is 3.75. The Bertz CT molecular complexity index is 662. The Morgan fingerprint density at radius 3 is 2.79 bits per heavy atom. The number of nitrogens with one attached hydrogen (secondary N) is 2. The smallest absolute Gasteiger partial charge is 0.251 e. The van der Waals surface area contributed by atoms with Crippen molar-refractivity contribution in [3.63, 3.8) is 0 Å². The van der Waals surface area contributed by atoms with E-state index in [1.165, 1.54) is 6.07 Å². The lowest BCUT2D eigenvalue weighted by molar-refractivity contribution is 0.0950. The number of carbonyl (C=O) groups is 1. The summed E-state index contributed by atoms with van der Waals surface area (Å²) in [5, 5.41) is 2.74. The molecule has 0 radical (unpaired) electrons. The van der Waals surface area contributed by atoms with Gasteiger partial charge in [-0.15, -0.1) is 0 Å². The summed E-state index contributed by atoms with van der Waals surface area (Å²) in [6.07, 6.45) is 0. The molecule has 0 aliphatic heterocycles. The molecule has 0 aromatic carbocycles. The molecule has 19 heavy (non-hydrogen) atoms. The van der Waals surface area contributed by atoms with Gasteiger partial charge in [-0.3, -0.25) is 14.6 Å². The van der Waals surface area contributed by atoms with Crippen LogP contribution in [0.5, 0.6) is 0 Å². The molecule has 98 valence electrons. The molecule has 0 spiro atoms. The maximum atomic E-state index is 11.9. The quantitative estimate of drug-likeness (QED) is 0.870. The lowest BCUT2D eigenvalue weighted by Crippen LogP contribution is -2.25. The molecule has 2 N–H and O–H groups in total. The van der Waals surface area contributed by atoms with E-state index < -0.39 is 0 Å². The van der Waals surface area contributed by atoms with Crippen molar-refractivity contribution in [3.05, 3.63) is 63.3 Å². The molecule has 1 amide bonds. The number of nitrogens with zero attached hydrogens (tertiary/aromatic N) is 1. The van der Waals surface area contributed by atoms with E-state index in [1.54, 1.807) is 13.0 Å². The van der Waals surface area contributed by atoms with Gasteiger partial charge in [0.05, 0.1) is 12.2 Å². The first kappa shape index (κ1) is 13.0. The Hall–Kier alpha value is -2.43. The van der Waals surface area contributed by atoms with E-state index in [9.17, 15) is 9.59 Å². The van der Waals surface area contributed by atoms with Crippen molar-refractivity contribution in [3.8, 4) is 0 Å². The van der Waals surface area contributed by atoms with E-state index in [0.717, 1.165) is 11.4 Å². The highest BCUT2D eigenvalue weighted by atomic mass is 16.2. The largest absolute Gasteiger partial charge is 0.346 e. The van der Waals surface area contributed by atoms with Crippen molar-refractivity contribution >= 4 is 5.91 Å².